The number of pyridine rings is 1. The SMILES string of the molecule is CCc1ccc(Oc2ncc(C=O)cc2C)cc1. The molecule has 0 fully saturated rings. The Morgan fingerprint density at radius 1 is 1.28 bits per heavy atom. The maximum atomic E-state index is 10.6. The van der Waals surface area contributed by atoms with Crippen LogP contribution in [0.5, 0.6) is 11.6 Å². The molecule has 3 heteroatoms. The summed E-state index contributed by atoms with van der Waals surface area (Å²) in [5.74, 6) is 1.28. The van der Waals surface area contributed by atoms with Crippen LogP contribution in [0.4, 0.5) is 0 Å². The maximum absolute atomic E-state index is 10.6. The van der Waals surface area contributed by atoms with Gasteiger partial charge in [-0.25, -0.2) is 4.98 Å². The van der Waals surface area contributed by atoms with Gasteiger partial charge in [-0.05, 0) is 37.1 Å². The number of aldehydes is 1. The van der Waals surface area contributed by atoms with Crippen LogP contribution in [0.3, 0.4) is 0 Å². The molecule has 92 valence electrons. The van der Waals surface area contributed by atoms with E-state index in [4.69, 9.17) is 4.74 Å². The van der Waals surface area contributed by atoms with Crippen molar-refractivity contribution in [2.24, 2.45) is 0 Å². The second-order valence-electron chi connectivity index (χ2n) is 4.11. The first-order chi connectivity index (χ1) is 8.72. The molecule has 0 aliphatic rings. The number of ether oxygens (including phenoxy) is 1. The Morgan fingerprint density at radius 2 is 2.00 bits per heavy atom. The zero-order valence-electron chi connectivity index (χ0n) is 10.5. The van der Waals surface area contributed by atoms with Crippen LogP contribution in [0.1, 0.15) is 28.4 Å². The summed E-state index contributed by atoms with van der Waals surface area (Å²) in [6, 6.07) is 9.67. The minimum Gasteiger partial charge on any atom is -0.439 e. The lowest BCUT2D eigenvalue weighted by atomic mass is 10.2. The minimum absolute atomic E-state index is 0.532. The first kappa shape index (κ1) is 12.3. The van der Waals surface area contributed by atoms with Crippen molar-refractivity contribution < 1.29 is 9.53 Å². The molecule has 18 heavy (non-hydrogen) atoms. The van der Waals surface area contributed by atoms with Gasteiger partial charge in [0.1, 0.15) is 5.75 Å². The summed E-state index contributed by atoms with van der Waals surface area (Å²) in [6.45, 7) is 3.98. The lowest BCUT2D eigenvalue weighted by Crippen LogP contribution is -1.93. The topological polar surface area (TPSA) is 39.2 Å². The largest absolute Gasteiger partial charge is 0.439 e. The Hall–Kier alpha value is -2.16. The van der Waals surface area contributed by atoms with Crippen LogP contribution in [0.2, 0.25) is 0 Å². The van der Waals surface area contributed by atoms with Crippen molar-refractivity contribution in [3.05, 3.63) is 53.2 Å². The Morgan fingerprint density at radius 3 is 2.56 bits per heavy atom. The monoisotopic (exact) mass is 241 g/mol. The molecule has 0 bridgehead atoms. The van der Waals surface area contributed by atoms with Crippen LogP contribution >= 0.6 is 0 Å². The molecule has 0 atom stereocenters. The van der Waals surface area contributed by atoms with Crippen molar-refractivity contribution in [1.82, 2.24) is 4.98 Å². The van der Waals surface area contributed by atoms with Crippen molar-refractivity contribution in [2.75, 3.05) is 0 Å². The second kappa shape index (κ2) is 5.45. The molecule has 0 radical (unpaired) electrons. The quantitative estimate of drug-likeness (QED) is 0.768. The van der Waals surface area contributed by atoms with E-state index in [1.165, 1.54) is 11.8 Å². The Kier molecular flexibility index (Phi) is 3.72. The fraction of sp³-hybridized carbons (Fsp3) is 0.200. The van der Waals surface area contributed by atoms with Crippen LogP contribution < -0.4 is 4.74 Å². The average Bonchev–Trinajstić information content (AvgIpc) is 2.42. The summed E-state index contributed by atoms with van der Waals surface area (Å²) in [7, 11) is 0. The molecular weight excluding hydrogens is 226 g/mol. The van der Waals surface area contributed by atoms with E-state index in [1.807, 2.05) is 31.2 Å². The highest BCUT2D eigenvalue weighted by Gasteiger charge is 2.04. The highest BCUT2D eigenvalue weighted by atomic mass is 16.5. The third-order valence-electron chi connectivity index (χ3n) is 2.73. The minimum atomic E-state index is 0.532. The number of hydrogen-bond donors (Lipinski definition) is 0. The summed E-state index contributed by atoms with van der Waals surface area (Å²) in [4.78, 5) is 14.8. The molecule has 1 heterocycles. The number of carbonyl (C=O) groups is 1. The molecule has 2 aromatic rings. The molecule has 0 unspecified atom stereocenters. The first-order valence-electron chi connectivity index (χ1n) is 5.91. The van der Waals surface area contributed by atoms with Crippen LogP contribution in [-0.2, 0) is 6.42 Å². The van der Waals surface area contributed by atoms with Crippen molar-refractivity contribution in [3.63, 3.8) is 0 Å². The summed E-state index contributed by atoms with van der Waals surface area (Å²) in [6.07, 6.45) is 3.29. The van der Waals surface area contributed by atoms with Gasteiger partial charge >= 0.3 is 0 Å². The van der Waals surface area contributed by atoms with E-state index in [0.29, 0.717) is 11.4 Å². The van der Waals surface area contributed by atoms with Gasteiger partial charge in [0, 0.05) is 17.3 Å². The second-order valence-corrected chi connectivity index (χ2v) is 4.11. The number of rotatable bonds is 4. The maximum Gasteiger partial charge on any atom is 0.222 e. The number of benzene rings is 1. The zero-order chi connectivity index (χ0) is 13.0. The molecule has 0 saturated carbocycles. The summed E-state index contributed by atoms with van der Waals surface area (Å²) in [5.41, 5.74) is 2.67. The fourth-order valence-electron chi connectivity index (χ4n) is 1.66. The molecule has 2 rings (SSSR count). The number of carbonyl (C=O) groups excluding carboxylic acids is 1. The first-order valence-corrected chi connectivity index (χ1v) is 5.91. The van der Waals surface area contributed by atoms with Crippen molar-refractivity contribution in [1.29, 1.82) is 0 Å². The molecule has 1 aromatic carbocycles. The molecule has 0 saturated heterocycles. The molecule has 1 aromatic heterocycles. The van der Waals surface area contributed by atoms with Crippen LogP contribution in [0, 0.1) is 6.92 Å². The molecule has 0 amide bonds. The van der Waals surface area contributed by atoms with Crippen molar-refractivity contribution >= 4 is 6.29 Å². The van der Waals surface area contributed by atoms with Gasteiger partial charge in [0.25, 0.3) is 0 Å². The molecule has 0 spiro atoms. The summed E-state index contributed by atoms with van der Waals surface area (Å²) >= 11 is 0. The third-order valence-corrected chi connectivity index (χ3v) is 2.73. The van der Waals surface area contributed by atoms with Gasteiger partial charge in [0.15, 0.2) is 6.29 Å². The number of hydrogen-bond acceptors (Lipinski definition) is 3. The number of aromatic nitrogens is 1. The number of aryl methyl sites for hydroxylation is 2. The lowest BCUT2D eigenvalue weighted by molar-refractivity contribution is 0.112. The predicted molar refractivity (Wildman–Crippen MR) is 70.3 cm³/mol. The van der Waals surface area contributed by atoms with Crippen molar-refractivity contribution in [2.45, 2.75) is 20.3 Å². The predicted octanol–water partition coefficient (Wildman–Crippen LogP) is 3.56. The van der Waals surface area contributed by atoms with Gasteiger partial charge in [0.05, 0.1) is 0 Å². The van der Waals surface area contributed by atoms with E-state index in [-0.39, 0.29) is 0 Å². The average molecular weight is 241 g/mol. The zero-order valence-corrected chi connectivity index (χ0v) is 10.5. The van der Waals surface area contributed by atoms with Gasteiger partial charge in [0.2, 0.25) is 5.88 Å². The number of nitrogens with zero attached hydrogens (tertiary/aromatic N) is 1. The van der Waals surface area contributed by atoms with Gasteiger partial charge < -0.3 is 4.74 Å². The Bertz CT molecular complexity index is 547. The summed E-state index contributed by atoms with van der Waals surface area (Å²) < 4.78 is 5.68. The van der Waals surface area contributed by atoms with Gasteiger partial charge in [-0.15, -0.1) is 0 Å². The van der Waals surface area contributed by atoms with Crippen LogP contribution in [0.25, 0.3) is 0 Å². The van der Waals surface area contributed by atoms with E-state index in [9.17, 15) is 4.79 Å². The molecular formula is C15H15NO2. The Balaban J connectivity index is 2.19. The molecule has 0 aliphatic carbocycles. The van der Waals surface area contributed by atoms with E-state index >= 15 is 0 Å². The smallest absolute Gasteiger partial charge is 0.222 e. The van der Waals surface area contributed by atoms with Gasteiger partial charge in [-0.2, -0.15) is 0 Å². The standard InChI is InChI=1S/C15H15NO2/c1-3-12-4-6-14(7-5-12)18-15-11(2)8-13(10-17)9-16-15/h4-10H,3H2,1-2H3. The lowest BCUT2D eigenvalue weighted by Gasteiger charge is -2.08. The molecule has 0 N–H and O–H groups in total. The fourth-order valence-corrected chi connectivity index (χ4v) is 1.66. The van der Waals surface area contributed by atoms with E-state index in [1.54, 1.807) is 6.07 Å². The summed E-state index contributed by atoms with van der Waals surface area (Å²) in [5, 5.41) is 0. The highest BCUT2D eigenvalue weighted by Crippen LogP contribution is 2.23. The van der Waals surface area contributed by atoms with E-state index < -0.39 is 0 Å². The Labute approximate surface area is 106 Å². The highest BCUT2D eigenvalue weighted by molar-refractivity contribution is 5.74. The third kappa shape index (κ3) is 2.74. The van der Waals surface area contributed by atoms with Gasteiger partial charge in [-0.1, -0.05) is 19.1 Å². The van der Waals surface area contributed by atoms with Crippen LogP contribution in [0.15, 0.2) is 36.5 Å². The van der Waals surface area contributed by atoms with Crippen LogP contribution in [-0.4, -0.2) is 11.3 Å². The van der Waals surface area contributed by atoms with Gasteiger partial charge in [-0.3, -0.25) is 4.79 Å². The van der Waals surface area contributed by atoms with Crippen molar-refractivity contribution in [3.8, 4) is 11.6 Å². The van der Waals surface area contributed by atoms with E-state index in [2.05, 4.69) is 11.9 Å². The van der Waals surface area contributed by atoms with E-state index in [0.717, 1.165) is 24.0 Å². The molecule has 0 aliphatic heterocycles. The molecule has 3 nitrogen and oxygen atoms in total. The normalized spacial score (nSPS) is 10.1.